The maximum absolute atomic E-state index is 12.3. The van der Waals surface area contributed by atoms with Gasteiger partial charge < -0.3 is 14.8 Å². The monoisotopic (exact) mass is 333 g/mol. The molecule has 6 nitrogen and oxygen atoms in total. The van der Waals surface area contributed by atoms with E-state index >= 15 is 0 Å². The van der Waals surface area contributed by atoms with Crippen molar-refractivity contribution in [3.8, 4) is 5.75 Å². The summed E-state index contributed by atoms with van der Waals surface area (Å²) in [6, 6.07) is 1.94. The maximum Gasteiger partial charge on any atom is 0.228 e. The summed E-state index contributed by atoms with van der Waals surface area (Å²) in [6.45, 7) is 8.68. The van der Waals surface area contributed by atoms with E-state index in [0.717, 1.165) is 57.0 Å². The van der Waals surface area contributed by atoms with Gasteiger partial charge in [-0.25, -0.2) is 4.98 Å². The molecule has 1 saturated heterocycles. The molecule has 2 heterocycles. The molecule has 1 atom stereocenters. The van der Waals surface area contributed by atoms with Crippen molar-refractivity contribution in [1.29, 1.82) is 0 Å². The minimum Gasteiger partial charge on any atom is -0.492 e. The lowest BCUT2D eigenvalue weighted by Gasteiger charge is -2.27. The zero-order valence-electron chi connectivity index (χ0n) is 14.6. The number of anilines is 1. The van der Waals surface area contributed by atoms with Gasteiger partial charge in [-0.15, -0.1) is 0 Å². The molecule has 0 aromatic carbocycles. The number of pyridine rings is 1. The Labute approximate surface area is 143 Å². The van der Waals surface area contributed by atoms with Gasteiger partial charge in [0.1, 0.15) is 11.6 Å². The summed E-state index contributed by atoms with van der Waals surface area (Å²) in [5.41, 5.74) is 1.06. The summed E-state index contributed by atoms with van der Waals surface area (Å²) in [7, 11) is 0. The van der Waals surface area contributed by atoms with Crippen molar-refractivity contribution >= 4 is 11.7 Å². The van der Waals surface area contributed by atoms with E-state index in [4.69, 9.17) is 9.47 Å². The summed E-state index contributed by atoms with van der Waals surface area (Å²) in [4.78, 5) is 19.0. The van der Waals surface area contributed by atoms with Crippen LogP contribution in [0.5, 0.6) is 5.75 Å². The van der Waals surface area contributed by atoms with Gasteiger partial charge in [-0.1, -0.05) is 6.92 Å². The normalized spacial score (nSPS) is 19.8. The molecule has 24 heavy (non-hydrogen) atoms. The zero-order valence-corrected chi connectivity index (χ0v) is 14.6. The summed E-state index contributed by atoms with van der Waals surface area (Å²) >= 11 is 0. The second-order valence-corrected chi connectivity index (χ2v) is 6.61. The van der Waals surface area contributed by atoms with Crippen LogP contribution in [0.15, 0.2) is 12.3 Å². The fourth-order valence-corrected chi connectivity index (χ4v) is 3.01. The van der Waals surface area contributed by atoms with Crippen molar-refractivity contribution in [2.24, 2.45) is 11.8 Å². The third-order valence-electron chi connectivity index (χ3n) is 4.74. The van der Waals surface area contributed by atoms with Gasteiger partial charge in [-0.05, 0) is 31.7 Å². The molecule has 1 N–H and O–H groups in total. The molecular weight excluding hydrogens is 306 g/mol. The van der Waals surface area contributed by atoms with Crippen LogP contribution in [0.25, 0.3) is 0 Å². The summed E-state index contributed by atoms with van der Waals surface area (Å²) in [5.74, 6) is 2.06. The third kappa shape index (κ3) is 4.45. The molecular formula is C18H27N3O3. The van der Waals surface area contributed by atoms with E-state index in [-0.39, 0.29) is 11.8 Å². The summed E-state index contributed by atoms with van der Waals surface area (Å²) in [5, 5.41) is 2.96. The number of ether oxygens (including phenoxy) is 2. The Bertz CT molecular complexity index is 569. The van der Waals surface area contributed by atoms with Gasteiger partial charge in [0.25, 0.3) is 0 Å². The number of hydrogen-bond donors (Lipinski definition) is 1. The van der Waals surface area contributed by atoms with Crippen molar-refractivity contribution in [3.05, 3.63) is 17.8 Å². The predicted molar refractivity (Wildman–Crippen MR) is 92.0 cm³/mol. The molecule has 1 aliphatic carbocycles. The van der Waals surface area contributed by atoms with Crippen molar-refractivity contribution in [2.45, 2.75) is 33.2 Å². The second kappa shape index (κ2) is 7.94. The van der Waals surface area contributed by atoms with Crippen LogP contribution in [0.2, 0.25) is 0 Å². The zero-order chi connectivity index (χ0) is 16.9. The van der Waals surface area contributed by atoms with Gasteiger partial charge in [0.2, 0.25) is 5.91 Å². The van der Waals surface area contributed by atoms with E-state index in [9.17, 15) is 4.79 Å². The Morgan fingerprint density at radius 3 is 2.88 bits per heavy atom. The molecule has 1 aliphatic heterocycles. The first kappa shape index (κ1) is 17.2. The fourth-order valence-electron chi connectivity index (χ4n) is 3.01. The fraction of sp³-hybridized carbons (Fsp3) is 0.667. The first-order valence-electron chi connectivity index (χ1n) is 8.90. The van der Waals surface area contributed by atoms with Crippen LogP contribution in [0.4, 0.5) is 5.82 Å². The Hall–Kier alpha value is -1.66. The van der Waals surface area contributed by atoms with Crippen LogP contribution < -0.4 is 10.1 Å². The molecule has 3 rings (SSSR count). The van der Waals surface area contributed by atoms with E-state index in [0.29, 0.717) is 18.3 Å². The minimum atomic E-state index is 0.0565. The molecule has 6 heteroatoms. The Kier molecular flexibility index (Phi) is 5.68. The number of rotatable bonds is 7. The molecule has 2 aliphatic rings. The highest BCUT2D eigenvalue weighted by Gasteiger charge is 2.32. The van der Waals surface area contributed by atoms with E-state index in [2.05, 4.69) is 15.2 Å². The molecule has 1 unspecified atom stereocenters. The van der Waals surface area contributed by atoms with Gasteiger partial charge >= 0.3 is 0 Å². The first-order valence-corrected chi connectivity index (χ1v) is 8.90. The average Bonchev–Trinajstić information content (AvgIpc) is 3.42. The van der Waals surface area contributed by atoms with Gasteiger partial charge in [-0.3, -0.25) is 9.69 Å². The maximum atomic E-state index is 12.3. The summed E-state index contributed by atoms with van der Waals surface area (Å²) < 4.78 is 11.1. The lowest BCUT2D eigenvalue weighted by Crippen LogP contribution is -2.35. The van der Waals surface area contributed by atoms with Crippen LogP contribution >= 0.6 is 0 Å². The predicted octanol–water partition coefficient (Wildman–Crippen LogP) is 2.30. The highest BCUT2D eigenvalue weighted by atomic mass is 16.5. The Morgan fingerprint density at radius 1 is 1.46 bits per heavy atom. The highest BCUT2D eigenvalue weighted by Crippen LogP contribution is 2.37. The lowest BCUT2D eigenvalue weighted by molar-refractivity contribution is -0.119. The first-order chi connectivity index (χ1) is 11.7. The third-order valence-corrected chi connectivity index (χ3v) is 4.74. The van der Waals surface area contributed by atoms with Crippen molar-refractivity contribution < 1.29 is 14.3 Å². The minimum absolute atomic E-state index is 0.0565. The highest BCUT2D eigenvalue weighted by molar-refractivity contribution is 5.91. The lowest BCUT2D eigenvalue weighted by atomic mass is 10.1. The number of carbonyl (C=O) groups excluding carboxylic acids is 1. The number of morpholine rings is 1. The van der Waals surface area contributed by atoms with Crippen molar-refractivity contribution in [3.63, 3.8) is 0 Å². The molecule has 0 bridgehead atoms. The average molecular weight is 333 g/mol. The van der Waals surface area contributed by atoms with Gasteiger partial charge in [0.15, 0.2) is 0 Å². The second-order valence-electron chi connectivity index (χ2n) is 6.61. The van der Waals surface area contributed by atoms with Crippen LogP contribution in [0, 0.1) is 11.8 Å². The number of nitrogens with zero attached hydrogens (tertiary/aromatic N) is 2. The number of carbonyl (C=O) groups is 1. The molecule has 1 saturated carbocycles. The molecule has 1 aromatic rings. The molecule has 0 radical (unpaired) electrons. The molecule has 1 amide bonds. The smallest absolute Gasteiger partial charge is 0.228 e. The molecule has 132 valence electrons. The van der Waals surface area contributed by atoms with Crippen LogP contribution in [-0.4, -0.2) is 48.7 Å². The number of nitrogens with one attached hydrogen (secondary N) is 1. The number of amides is 1. The Balaban J connectivity index is 1.70. The van der Waals surface area contributed by atoms with E-state index in [1.54, 1.807) is 6.20 Å². The quantitative estimate of drug-likeness (QED) is 0.829. The van der Waals surface area contributed by atoms with E-state index < -0.39 is 0 Å². The molecule has 2 fully saturated rings. The molecule has 1 aromatic heterocycles. The molecule has 0 spiro atoms. The van der Waals surface area contributed by atoms with Crippen LogP contribution in [-0.2, 0) is 16.1 Å². The SMILES string of the molecule is CCOc1cnc(NC(=O)C(C)C2CC2)cc1CN1CCOCC1. The number of aromatic nitrogens is 1. The summed E-state index contributed by atoms with van der Waals surface area (Å²) in [6.07, 6.45) is 4.04. The largest absolute Gasteiger partial charge is 0.492 e. The number of hydrogen-bond acceptors (Lipinski definition) is 5. The van der Waals surface area contributed by atoms with Crippen LogP contribution in [0.1, 0.15) is 32.3 Å². The van der Waals surface area contributed by atoms with E-state index in [1.165, 1.54) is 0 Å². The standard InChI is InChI=1S/C18H27N3O3/c1-3-24-16-11-19-17(20-18(22)13(2)14-4-5-14)10-15(16)12-21-6-8-23-9-7-21/h10-11,13-14H,3-9,12H2,1-2H3,(H,19,20,22). The van der Waals surface area contributed by atoms with E-state index in [1.807, 2.05) is 19.9 Å². The van der Waals surface area contributed by atoms with Crippen molar-refractivity contribution in [2.75, 3.05) is 38.2 Å². The Morgan fingerprint density at radius 2 is 2.21 bits per heavy atom. The van der Waals surface area contributed by atoms with Gasteiger partial charge in [0, 0.05) is 31.1 Å². The van der Waals surface area contributed by atoms with Gasteiger partial charge in [-0.2, -0.15) is 0 Å². The van der Waals surface area contributed by atoms with Crippen molar-refractivity contribution in [1.82, 2.24) is 9.88 Å². The van der Waals surface area contributed by atoms with Gasteiger partial charge in [0.05, 0.1) is 26.0 Å². The topological polar surface area (TPSA) is 63.7 Å². The van der Waals surface area contributed by atoms with Crippen LogP contribution in [0.3, 0.4) is 0 Å².